The van der Waals surface area contributed by atoms with Gasteiger partial charge in [-0.1, -0.05) is 5.92 Å². The van der Waals surface area contributed by atoms with Crippen molar-refractivity contribution in [2.75, 3.05) is 6.54 Å². The molecule has 3 unspecified atom stereocenters. The predicted octanol–water partition coefficient (Wildman–Crippen LogP) is 0.796. The topological polar surface area (TPSA) is 61.9 Å². The molecule has 1 saturated heterocycles. The van der Waals surface area contributed by atoms with Crippen molar-refractivity contribution in [3.8, 4) is 12.3 Å². The summed E-state index contributed by atoms with van der Waals surface area (Å²) in [6, 6.07) is 0.511. The summed E-state index contributed by atoms with van der Waals surface area (Å²) in [7, 11) is 0. The van der Waals surface area contributed by atoms with E-state index in [2.05, 4.69) is 22.7 Å². The van der Waals surface area contributed by atoms with Crippen LogP contribution < -0.4 is 5.73 Å². The quantitative estimate of drug-likeness (QED) is 0.747. The number of hydrogen-bond acceptors (Lipinski definition) is 3. The first-order chi connectivity index (χ1) is 8.99. The van der Waals surface area contributed by atoms with E-state index in [1.165, 1.54) is 12.8 Å². The van der Waals surface area contributed by atoms with Crippen LogP contribution in [-0.4, -0.2) is 51.9 Å². The SMILES string of the molecule is C#CC(C)N1C(=O)N=C(N)C12CC(C)N(C1CC1)C2. The van der Waals surface area contributed by atoms with Crippen LogP contribution in [0.15, 0.2) is 4.99 Å². The van der Waals surface area contributed by atoms with E-state index in [4.69, 9.17) is 12.2 Å². The number of amidine groups is 1. The van der Waals surface area contributed by atoms with Gasteiger partial charge in [0.15, 0.2) is 0 Å². The number of nitrogens with two attached hydrogens (primary N) is 1. The summed E-state index contributed by atoms with van der Waals surface area (Å²) < 4.78 is 0. The zero-order chi connectivity index (χ0) is 13.8. The molecule has 19 heavy (non-hydrogen) atoms. The molecule has 2 amide bonds. The molecule has 5 heteroatoms. The van der Waals surface area contributed by atoms with Crippen LogP contribution >= 0.6 is 0 Å². The predicted molar refractivity (Wildman–Crippen MR) is 73.7 cm³/mol. The van der Waals surface area contributed by atoms with Crippen molar-refractivity contribution in [2.45, 2.75) is 56.8 Å². The van der Waals surface area contributed by atoms with Crippen molar-refractivity contribution in [1.82, 2.24) is 9.80 Å². The van der Waals surface area contributed by atoms with E-state index in [1.807, 2.05) is 6.92 Å². The van der Waals surface area contributed by atoms with Crippen LogP contribution in [0.1, 0.15) is 33.1 Å². The Labute approximate surface area is 113 Å². The van der Waals surface area contributed by atoms with Gasteiger partial charge < -0.3 is 5.73 Å². The number of amides is 2. The molecule has 3 atom stereocenters. The Bertz CT molecular complexity index is 490. The minimum atomic E-state index is -0.481. The highest BCUT2D eigenvalue weighted by molar-refractivity contribution is 6.06. The van der Waals surface area contributed by atoms with Crippen molar-refractivity contribution in [2.24, 2.45) is 10.7 Å². The number of carbonyl (C=O) groups is 1. The van der Waals surface area contributed by atoms with E-state index in [0.29, 0.717) is 17.9 Å². The smallest absolute Gasteiger partial charge is 0.347 e. The van der Waals surface area contributed by atoms with E-state index in [9.17, 15) is 4.79 Å². The molecular formula is C14H20N4O. The van der Waals surface area contributed by atoms with E-state index in [-0.39, 0.29) is 12.1 Å². The second-order valence-electron chi connectivity index (χ2n) is 5.98. The van der Waals surface area contributed by atoms with Gasteiger partial charge in [0.05, 0.1) is 6.04 Å². The monoisotopic (exact) mass is 260 g/mol. The van der Waals surface area contributed by atoms with Crippen LogP contribution in [0.3, 0.4) is 0 Å². The van der Waals surface area contributed by atoms with Crippen molar-refractivity contribution >= 4 is 11.9 Å². The van der Waals surface area contributed by atoms with Crippen LogP contribution in [0.4, 0.5) is 4.79 Å². The van der Waals surface area contributed by atoms with E-state index >= 15 is 0 Å². The molecule has 0 aromatic rings. The first-order valence-corrected chi connectivity index (χ1v) is 6.89. The van der Waals surface area contributed by atoms with Gasteiger partial charge >= 0.3 is 6.03 Å². The highest BCUT2D eigenvalue weighted by atomic mass is 16.2. The molecule has 0 bridgehead atoms. The lowest BCUT2D eigenvalue weighted by atomic mass is 9.92. The summed E-state index contributed by atoms with van der Waals surface area (Å²) in [6.45, 7) is 4.83. The molecule has 1 aliphatic carbocycles. The van der Waals surface area contributed by atoms with Gasteiger partial charge in [-0.25, -0.2) is 4.79 Å². The molecule has 102 valence electrons. The number of nitrogens with zero attached hydrogens (tertiary/aromatic N) is 3. The Balaban J connectivity index is 1.94. The average Bonchev–Trinajstić information content (AvgIpc) is 3.09. The molecular weight excluding hydrogens is 240 g/mol. The third-order valence-corrected chi connectivity index (χ3v) is 4.65. The molecule has 5 nitrogen and oxygen atoms in total. The number of aliphatic imine (C=N–C) groups is 1. The number of rotatable bonds is 2. The fourth-order valence-electron chi connectivity index (χ4n) is 3.56. The summed E-state index contributed by atoms with van der Waals surface area (Å²) >= 11 is 0. The van der Waals surface area contributed by atoms with Gasteiger partial charge in [0, 0.05) is 18.6 Å². The summed E-state index contributed by atoms with van der Waals surface area (Å²) in [5.74, 6) is 3.08. The first-order valence-electron chi connectivity index (χ1n) is 6.89. The number of hydrogen-bond donors (Lipinski definition) is 1. The van der Waals surface area contributed by atoms with Crippen molar-refractivity contribution < 1.29 is 4.79 Å². The highest BCUT2D eigenvalue weighted by Crippen LogP contribution is 2.42. The summed E-state index contributed by atoms with van der Waals surface area (Å²) in [5.41, 5.74) is 5.60. The molecule has 0 aromatic carbocycles. The maximum Gasteiger partial charge on any atom is 0.347 e. The summed E-state index contributed by atoms with van der Waals surface area (Å²) in [4.78, 5) is 20.2. The number of carbonyl (C=O) groups excluding carboxylic acids is 1. The highest BCUT2D eigenvalue weighted by Gasteiger charge is 2.57. The van der Waals surface area contributed by atoms with Crippen molar-refractivity contribution in [3.05, 3.63) is 0 Å². The maximum absolute atomic E-state index is 12.1. The van der Waals surface area contributed by atoms with Gasteiger partial charge in [0.2, 0.25) is 0 Å². The van der Waals surface area contributed by atoms with Gasteiger partial charge in [-0.3, -0.25) is 9.80 Å². The molecule has 0 aromatic heterocycles. The molecule has 1 saturated carbocycles. The van der Waals surface area contributed by atoms with Crippen LogP contribution in [0.2, 0.25) is 0 Å². The molecule has 2 heterocycles. The number of terminal acetylenes is 1. The van der Waals surface area contributed by atoms with E-state index in [0.717, 1.165) is 13.0 Å². The Morgan fingerprint density at radius 2 is 2.26 bits per heavy atom. The fourth-order valence-corrected chi connectivity index (χ4v) is 3.56. The van der Waals surface area contributed by atoms with Gasteiger partial charge in [-0.05, 0) is 33.1 Å². The minimum Gasteiger partial charge on any atom is -0.385 e. The second-order valence-corrected chi connectivity index (χ2v) is 5.98. The lowest BCUT2D eigenvalue weighted by Gasteiger charge is -2.36. The van der Waals surface area contributed by atoms with Gasteiger partial charge in [0.1, 0.15) is 11.4 Å². The zero-order valence-electron chi connectivity index (χ0n) is 11.5. The van der Waals surface area contributed by atoms with Gasteiger partial charge in [-0.15, -0.1) is 6.42 Å². The average molecular weight is 260 g/mol. The number of urea groups is 1. The molecule has 0 radical (unpaired) electrons. The zero-order valence-corrected chi connectivity index (χ0v) is 11.5. The van der Waals surface area contributed by atoms with Crippen molar-refractivity contribution in [3.63, 3.8) is 0 Å². The molecule has 3 aliphatic rings. The molecule has 1 spiro atoms. The molecule has 3 rings (SSSR count). The molecule has 2 N–H and O–H groups in total. The minimum absolute atomic E-state index is 0.274. The lowest BCUT2D eigenvalue weighted by Crippen LogP contribution is -2.58. The van der Waals surface area contributed by atoms with Crippen LogP contribution in [-0.2, 0) is 0 Å². The van der Waals surface area contributed by atoms with Crippen LogP contribution in [0.5, 0.6) is 0 Å². The second kappa shape index (κ2) is 3.97. The maximum atomic E-state index is 12.1. The van der Waals surface area contributed by atoms with Gasteiger partial charge in [-0.2, -0.15) is 4.99 Å². The van der Waals surface area contributed by atoms with E-state index < -0.39 is 5.54 Å². The summed E-state index contributed by atoms with van der Waals surface area (Å²) in [6.07, 6.45) is 8.82. The largest absolute Gasteiger partial charge is 0.385 e. The normalized spacial score (nSPS) is 36.7. The third kappa shape index (κ3) is 1.67. The Morgan fingerprint density at radius 1 is 1.58 bits per heavy atom. The molecule has 2 fully saturated rings. The first kappa shape index (κ1) is 12.5. The summed E-state index contributed by atoms with van der Waals surface area (Å²) in [5, 5.41) is 0. The lowest BCUT2D eigenvalue weighted by molar-refractivity contribution is 0.157. The van der Waals surface area contributed by atoms with Crippen LogP contribution in [0.25, 0.3) is 0 Å². The Hall–Kier alpha value is -1.54. The van der Waals surface area contributed by atoms with E-state index in [1.54, 1.807) is 4.90 Å². The Morgan fingerprint density at radius 3 is 2.84 bits per heavy atom. The Kier molecular flexibility index (Phi) is 2.61. The van der Waals surface area contributed by atoms with Crippen molar-refractivity contribution in [1.29, 1.82) is 0 Å². The van der Waals surface area contributed by atoms with Gasteiger partial charge in [0.25, 0.3) is 0 Å². The van der Waals surface area contributed by atoms with Crippen LogP contribution in [0, 0.1) is 12.3 Å². The third-order valence-electron chi connectivity index (χ3n) is 4.65. The fraction of sp³-hybridized carbons (Fsp3) is 0.714. The number of likely N-dealkylation sites (tertiary alicyclic amines) is 1. The molecule has 2 aliphatic heterocycles. The standard InChI is InChI=1S/C14H20N4O/c1-4-9(2)18-13(19)16-12(15)14(18)7-10(3)17(8-14)11-5-6-11/h1,9-11H,5-8H2,2-3H3,(H2,15,16,19).